The number of aliphatic hydroxyl groups excluding tert-OH is 2. The Bertz CT molecular complexity index is 305. The molecule has 0 spiro atoms. The van der Waals surface area contributed by atoms with Crippen molar-refractivity contribution in [2.24, 2.45) is 0 Å². The first-order valence-corrected chi connectivity index (χ1v) is 9.40. The zero-order valence-corrected chi connectivity index (χ0v) is 15.1. The van der Waals surface area contributed by atoms with Crippen molar-refractivity contribution in [2.75, 3.05) is 6.61 Å². The van der Waals surface area contributed by atoms with E-state index in [-0.39, 0.29) is 12.5 Å². The maximum Gasteiger partial charge on any atom is 0.220 e. The van der Waals surface area contributed by atoms with Crippen LogP contribution in [0.1, 0.15) is 84.5 Å². The van der Waals surface area contributed by atoms with Crippen LogP contribution in [0.5, 0.6) is 0 Å². The first kappa shape index (κ1) is 22.1. The lowest BCUT2D eigenvalue weighted by Crippen LogP contribution is -2.44. The number of allylic oxidation sites excluding steroid dienone is 1. The van der Waals surface area contributed by atoms with Gasteiger partial charge in [-0.15, -0.1) is 0 Å². The largest absolute Gasteiger partial charge is 0.394 e. The fourth-order valence-electron chi connectivity index (χ4n) is 2.49. The third-order valence-corrected chi connectivity index (χ3v) is 4.08. The van der Waals surface area contributed by atoms with E-state index in [0.717, 1.165) is 12.8 Å². The number of nitrogens with one attached hydrogen (secondary N) is 1. The third-order valence-electron chi connectivity index (χ3n) is 4.08. The zero-order valence-electron chi connectivity index (χ0n) is 15.1. The van der Waals surface area contributed by atoms with E-state index in [0.29, 0.717) is 6.42 Å². The van der Waals surface area contributed by atoms with E-state index in [1.165, 1.54) is 51.4 Å². The minimum absolute atomic E-state index is 0.157. The van der Waals surface area contributed by atoms with E-state index in [1.807, 2.05) is 6.08 Å². The van der Waals surface area contributed by atoms with Crippen LogP contribution >= 0.6 is 0 Å². The Labute approximate surface area is 142 Å². The Kier molecular flexibility index (Phi) is 15.4. The van der Waals surface area contributed by atoms with Gasteiger partial charge in [-0.1, -0.05) is 77.4 Å². The molecule has 23 heavy (non-hydrogen) atoms. The number of hydrogen-bond donors (Lipinski definition) is 3. The van der Waals surface area contributed by atoms with Crippen LogP contribution in [-0.2, 0) is 4.79 Å². The molecule has 0 aliphatic carbocycles. The molecule has 0 aliphatic heterocycles. The van der Waals surface area contributed by atoms with Gasteiger partial charge in [0, 0.05) is 6.42 Å². The van der Waals surface area contributed by atoms with Gasteiger partial charge in [0.1, 0.15) is 0 Å². The van der Waals surface area contributed by atoms with Gasteiger partial charge in [0.25, 0.3) is 0 Å². The van der Waals surface area contributed by atoms with E-state index >= 15 is 0 Å². The molecule has 1 amide bonds. The van der Waals surface area contributed by atoms with E-state index < -0.39 is 12.1 Å². The summed E-state index contributed by atoms with van der Waals surface area (Å²) in [6.07, 6.45) is 15.8. The fourth-order valence-corrected chi connectivity index (χ4v) is 2.49. The highest BCUT2D eigenvalue weighted by molar-refractivity contribution is 5.75. The second-order valence-electron chi connectivity index (χ2n) is 6.25. The van der Waals surface area contributed by atoms with Gasteiger partial charge in [-0.2, -0.15) is 0 Å². The molecule has 4 nitrogen and oxygen atoms in total. The van der Waals surface area contributed by atoms with Gasteiger partial charge in [-0.05, 0) is 12.8 Å². The maximum atomic E-state index is 11.3. The van der Waals surface area contributed by atoms with Gasteiger partial charge >= 0.3 is 0 Å². The van der Waals surface area contributed by atoms with Crippen molar-refractivity contribution in [3.05, 3.63) is 12.2 Å². The summed E-state index contributed by atoms with van der Waals surface area (Å²) in [6, 6.07) is -0.609. The molecule has 0 aliphatic rings. The minimum atomic E-state index is -0.825. The summed E-state index contributed by atoms with van der Waals surface area (Å²) >= 11 is 0. The Morgan fingerprint density at radius 1 is 1.00 bits per heavy atom. The lowest BCUT2D eigenvalue weighted by molar-refractivity contribution is -0.122. The average molecular weight is 328 g/mol. The van der Waals surface area contributed by atoms with Crippen LogP contribution in [0.3, 0.4) is 0 Å². The SMILES string of the molecule is CCCCCCCCCCC/C=C/C(O)C(CO)NC(=O)CC. The summed E-state index contributed by atoms with van der Waals surface area (Å²) in [5, 5.41) is 21.8. The van der Waals surface area contributed by atoms with E-state index in [2.05, 4.69) is 12.2 Å². The van der Waals surface area contributed by atoms with Crippen molar-refractivity contribution in [2.45, 2.75) is 96.6 Å². The Morgan fingerprint density at radius 3 is 2.09 bits per heavy atom. The monoisotopic (exact) mass is 327 g/mol. The van der Waals surface area contributed by atoms with Crippen molar-refractivity contribution in [1.82, 2.24) is 5.32 Å². The number of unbranched alkanes of at least 4 members (excludes halogenated alkanes) is 9. The molecule has 0 aromatic heterocycles. The van der Waals surface area contributed by atoms with Gasteiger partial charge in [-0.3, -0.25) is 4.79 Å². The number of rotatable bonds is 15. The molecule has 136 valence electrons. The summed E-state index contributed by atoms with van der Waals surface area (Å²) in [5.41, 5.74) is 0. The normalized spacial score (nSPS) is 14.1. The summed E-state index contributed by atoms with van der Waals surface area (Å²) in [4.78, 5) is 11.3. The second kappa shape index (κ2) is 16.0. The first-order chi connectivity index (χ1) is 11.2. The summed E-state index contributed by atoms with van der Waals surface area (Å²) < 4.78 is 0. The summed E-state index contributed by atoms with van der Waals surface area (Å²) in [6.45, 7) is 3.73. The first-order valence-electron chi connectivity index (χ1n) is 9.40. The quantitative estimate of drug-likeness (QED) is 0.317. The van der Waals surface area contributed by atoms with Crippen LogP contribution in [0.2, 0.25) is 0 Å². The van der Waals surface area contributed by atoms with E-state index in [9.17, 15) is 15.0 Å². The van der Waals surface area contributed by atoms with Gasteiger partial charge in [0.05, 0.1) is 18.8 Å². The number of amides is 1. The van der Waals surface area contributed by atoms with Crippen molar-refractivity contribution < 1.29 is 15.0 Å². The molecule has 0 radical (unpaired) electrons. The Hall–Kier alpha value is -0.870. The Balaban J connectivity index is 3.62. The smallest absolute Gasteiger partial charge is 0.220 e. The molecule has 2 unspecified atom stereocenters. The number of aliphatic hydroxyl groups is 2. The molecule has 0 saturated heterocycles. The highest BCUT2D eigenvalue weighted by atomic mass is 16.3. The molecule has 0 aromatic rings. The van der Waals surface area contributed by atoms with Crippen LogP contribution < -0.4 is 5.32 Å². The predicted octanol–water partition coefficient (Wildman–Crippen LogP) is 3.71. The molecule has 2 atom stereocenters. The fraction of sp³-hybridized carbons (Fsp3) is 0.842. The van der Waals surface area contributed by atoms with Crippen LogP contribution in [-0.4, -0.2) is 34.9 Å². The molecule has 4 heteroatoms. The van der Waals surface area contributed by atoms with Gasteiger partial charge < -0.3 is 15.5 Å². The number of carbonyl (C=O) groups is 1. The van der Waals surface area contributed by atoms with Gasteiger partial charge in [-0.25, -0.2) is 0 Å². The summed E-state index contributed by atoms with van der Waals surface area (Å²) in [7, 11) is 0. The lowest BCUT2D eigenvalue weighted by Gasteiger charge is -2.19. The molecular weight excluding hydrogens is 290 g/mol. The third kappa shape index (κ3) is 13.3. The van der Waals surface area contributed by atoms with Crippen LogP contribution in [0, 0.1) is 0 Å². The van der Waals surface area contributed by atoms with Crippen LogP contribution in [0.25, 0.3) is 0 Å². The number of carbonyl (C=O) groups excluding carboxylic acids is 1. The molecule has 0 heterocycles. The van der Waals surface area contributed by atoms with Crippen molar-refractivity contribution >= 4 is 5.91 Å². The lowest BCUT2D eigenvalue weighted by atomic mass is 10.1. The topological polar surface area (TPSA) is 69.6 Å². The molecule has 0 aromatic carbocycles. The molecule has 0 fully saturated rings. The maximum absolute atomic E-state index is 11.3. The Morgan fingerprint density at radius 2 is 1.57 bits per heavy atom. The second-order valence-corrected chi connectivity index (χ2v) is 6.25. The minimum Gasteiger partial charge on any atom is -0.394 e. The van der Waals surface area contributed by atoms with Crippen molar-refractivity contribution in [3.63, 3.8) is 0 Å². The highest BCUT2D eigenvalue weighted by Gasteiger charge is 2.16. The van der Waals surface area contributed by atoms with Crippen LogP contribution in [0.4, 0.5) is 0 Å². The van der Waals surface area contributed by atoms with Crippen molar-refractivity contribution in [1.29, 1.82) is 0 Å². The van der Waals surface area contributed by atoms with Crippen LogP contribution in [0.15, 0.2) is 12.2 Å². The molecule has 0 saturated carbocycles. The average Bonchev–Trinajstić information content (AvgIpc) is 2.56. The molecule has 0 bridgehead atoms. The van der Waals surface area contributed by atoms with E-state index in [1.54, 1.807) is 13.0 Å². The van der Waals surface area contributed by atoms with Gasteiger partial charge in [0.2, 0.25) is 5.91 Å². The predicted molar refractivity (Wildman–Crippen MR) is 96.3 cm³/mol. The van der Waals surface area contributed by atoms with Gasteiger partial charge in [0.15, 0.2) is 0 Å². The number of hydrogen-bond acceptors (Lipinski definition) is 3. The molecular formula is C19H37NO3. The molecule has 0 rings (SSSR count). The zero-order chi connectivity index (χ0) is 17.3. The highest BCUT2D eigenvalue weighted by Crippen LogP contribution is 2.10. The molecule has 3 N–H and O–H groups in total. The van der Waals surface area contributed by atoms with Crippen molar-refractivity contribution in [3.8, 4) is 0 Å². The van der Waals surface area contributed by atoms with E-state index in [4.69, 9.17) is 0 Å². The summed E-state index contributed by atoms with van der Waals surface area (Å²) in [5.74, 6) is -0.157. The standard InChI is InChI=1S/C19H37NO3/c1-3-5-6-7-8-9-10-11-12-13-14-15-18(22)17(16-21)20-19(23)4-2/h14-15,17-18,21-22H,3-13,16H2,1-2H3,(H,20,23)/b15-14+.